The topological polar surface area (TPSA) is 46.3 Å². The minimum atomic E-state index is -0.679. The first kappa shape index (κ1) is 14.6. The average molecular weight is 286 g/mol. The summed E-state index contributed by atoms with van der Waals surface area (Å²) in [4.78, 5) is 14.8. The van der Waals surface area contributed by atoms with E-state index in [0.717, 1.165) is 25.9 Å². The van der Waals surface area contributed by atoms with Crippen LogP contribution in [0.15, 0.2) is 30.3 Å². The van der Waals surface area contributed by atoms with Crippen molar-refractivity contribution in [3.05, 3.63) is 35.9 Å². The largest absolute Gasteiger partial charge is 0.340 e. The highest BCUT2D eigenvalue weighted by Gasteiger charge is 2.50. The summed E-state index contributed by atoms with van der Waals surface area (Å²) in [5.41, 5.74) is 7.06. The summed E-state index contributed by atoms with van der Waals surface area (Å²) in [5, 5.41) is 0. The number of benzene rings is 1. The Morgan fingerprint density at radius 2 is 1.90 bits per heavy atom. The normalized spacial score (nSPS) is 27.4. The van der Waals surface area contributed by atoms with Crippen LogP contribution in [0.2, 0.25) is 0 Å². The average Bonchev–Trinajstić information content (AvgIpc) is 3.24. The lowest BCUT2D eigenvalue weighted by Gasteiger charge is -2.30. The molecule has 1 aliphatic heterocycles. The van der Waals surface area contributed by atoms with E-state index in [1.165, 1.54) is 5.56 Å². The first-order valence-electron chi connectivity index (χ1n) is 7.95. The van der Waals surface area contributed by atoms with E-state index in [9.17, 15) is 4.79 Å². The highest BCUT2D eigenvalue weighted by Crippen LogP contribution is 2.45. The fourth-order valence-corrected chi connectivity index (χ4v) is 3.73. The molecule has 0 radical (unpaired) electrons. The standard InChI is InChI=1S/C18H26N2O/c1-17(2)12-20(16(21)18(3,19)14-9-10-14)11-15(17)13-7-5-4-6-8-13/h4-8,14-15H,9-12,19H2,1-3H3. The van der Waals surface area contributed by atoms with Crippen molar-refractivity contribution in [2.75, 3.05) is 13.1 Å². The van der Waals surface area contributed by atoms with E-state index in [0.29, 0.717) is 11.8 Å². The second-order valence-electron chi connectivity index (χ2n) is 7.69. The molecule has 3 nitrogen and oxygen atoms in total. The van der Waals surface area contributed by atoms with Crippen molar-refractivity contribution >= 4 is 5.91 Å². The SMILES string of the molecule is CC1(C)CN(C(=O)C(C)(N)C2CC2)CC1c1ccccc1. The van der Waals surface area contributed by atoms with Gasteiger partial charge in [0.25, 0.3) is 0 Å². The first-order valence-corrected chi connectivity index (χ1v) is 7.95. The number of hydrogen-bond donors (Lipinski definition) is 1. The van der Waals surface area contributed by atoms with Crippen molar-refractivity contribution in [2.45, 2.75) is 45.1 Å². The Morgan fingerprint density at radius 1 is 1.29 bits per heavy atom. The molecule has 114 valence electrons. The molecule has 2 unspecified atom stereocenters. The van der Waals surface area contributed by atoms with Gasteiger partial charge in [-0.05, 0) is 36.7 Å². The second-order valence-corrected chi connectivity index (χ2v) is 7.69. The Morgan fingerprint density at radius 3 is 2.48 bits per heavy atom. The van der Waals surface area contributed by atoms with E-state index in [-0.39, 0.29) is 11.3 Å². The van der Waals surface area contributed by atoms with Gasteiger partial charge < -0.3 is 10.6 Å². The number of carbonyl (C=O) groups is 1. The van der Waals surface area contributed by atoms with Crippen LogP contribution in [0, 0.1) is 11.3 Å². The smallest absolute Gasteiger partial charge is 0.242 e. The third kappa shape index (κ3) is 2.59. The number of likely N-dealkylation sites (tertiary alicyclic amines) is 1. The van der Waals surface area contributed by atoms with Crippen LogP contribution < -0.4 is 5.73 Å². The van der Waals surface area contributed by atoms with Crippen LogP contribution >= 0.6 is 0 Å². The van der Waals surface area contributed by atoms with Gasteiger partial charge >= 0.3 is 0 Å². The molecular formula is C18H26N2O. The van der Waals surface area contributed by atoms with Crippen LogP contribution in [-0.2, 0) is 4.79 Å². The molecule has 2 fully saturated rings. The van der Waals surface area contributed by atoms with Crippen molar-refractivity contribution in [3.63, 3.8) is 0 Å². The fourth-order valence-electron chi connectivity index (χ4n) is 3.73. The number of nitrogens with two attached hydrogens (primary N) is 1. The molecule has 2 aliphatic rings. The van der Waals surface area contributed by atoms with Crippen LogP contribution in [0.5, 0.6) is 0 Å². The molecule has 1 aromatic carbocycles. The molecule has 2 N–H and O–H groups in total. The predicted molar refractivity (Wildman–Crippen MR) is 84.9 cm³/mol. The molecule has 1 aliphatic carbocycles. The maximum atomic E-state index is 12.8. The summed E-state index contributed by atoms with van der Waals surface area (Å²) >= 11 is 0. The van der Waals surface area contributed by atoms with Crippen molar-refractivity contribution in [2.24, 2.45) is 17.1 Å². The molecule has 1 heterocycles. The molecule has 3 heteroatoms. The van der Waals surface area contributed by atoms with Crippen molar-refractivity contribution < 1.29 is 4.79 Å². The molecule has 0 aromatic heterocycles. The quantitative estimate of drug-likeness (QED) is 0.928. The Labute approximate surface area is 127 Å². The molecule has 2 atom stereocenters. The summed E-state index contributed by atoms with van der Waals surface area (Å²) in [7, 11) is 0. The molecule has 1 aromatic rings. The lowest BCUT2D eigenvalue weighted by molar-refractivity contribution is -0.136. The fraction of sp³-hybridized carbons (Fsp3) is 0.611. The van der Waals surface area contributed by atoms with Gasteiger partial charge in [-0.3, -0.25) is 4.79 Å². The molecule has 1 saturated carbocycles. The van der Waals surface area contributed by atoms with Gasteiger partial charge in [0.1, 0.15) is 0 Å². The van der Waals surface area contributed by atoms with Crippen molar-refractivity contribution in [1.29, 1.82) is 0 Å². The summed E-state index contributed by atoms with van der Waals surface area (Å²) in [6.07, 6.45) is 2.19. The number of amides is 1. The molecule has 21 heavy (non-hydrogen) atoms. The van der Waals surface area contributed by atoms with Crippen molar-refractivity contribution in [3.8, 4) is 0 Å². The number of nitrogens with zero attached hydrogens (tertiary/aromatic N) is 1. The zero-order chi connectivity index (χ0) is 15.3. The van der Waals surface area contributed by atoms with Crippen LogP contribution in [0.3, 0.4) is 0 Å². The highest BCUT2D eigenvalue weighted by molar-refractivity contribution is 5.87. The minimum absolute atomic E-state index is 0.0939. The van der Waals surface area contributed by atoms with E-state index < -0.39 is 5.54 Å². The Kier molecular flexibility index (Phi) is 3.36. The summed E-state index contributed by atoms with van der Waals surface area (Å²) in [5.74, 6) is 0.901. The van der Waals surface area contributed by atoms with Gasteiger partial charge in [-0.1, -0.05) is 44.2 Å². The van der Waals surface area contributed by atoms with Gasteiger partial charge in [0.2, 0.25) is 5.91 Å². The van der Waals surface area contributed by atoms with E-state index in [4.69, 9.17) is 5.73 Å². The number of hydrogen-bond acceptors (Lipinski definition) is 2. The molecule has 1 saturated heterocycles. The van der Waals surface area contributed by atoms with E-state index >= 15 is 0 Å². The zero-order valence-electron chi connectivity index (χ0n) is 13.3. The molecule has 1 amide bonds. The molecule has 0 bridgehead atoms. The Bertz CT molecular complexity index is 531. The zero-order valence-corrected chi connectivity index (χ0v) is 13.3. The van der Waals surface area contributed by atoms with Gasteiger partial charge in [0.15, 0.2) is 0 Å². The lowest BCUT2D eigenvalue weighted by atomic mass is 9.78. The third-order valence-electron chi connectivity index (χ3n) is 5.32. The Hall–Kier alpha value is -1.35. The van der Waals surface area contributed by atoms with E-state index in [2.05, 4.69) is 38.1 Å². The first-order chi connectivity index (χ1) is 9.82. The molecule has 3 rings (SSSR count). The van der Waals surface area contributed by atoms with Gasteiger partial charge in [-0.2, -0.15) is 0 Å². The summed E-state index contributed by atoms with van der Waals surface area (Å²) in [6.45, 7) is 8.00. The van der Waals surface area contributed by atoms with Crippen LogP contribution in [0.25, 0.3) is 0 Å². The number of rotatable bonds is 3. The third-order valence-corrected chi connectivity index (χ3v) is 5.32. The molecule has 0 spiro atoms. The monoisotopic (exact) mass is 286 g/mol. The van der Waals surface area contributed by atoms with Gasteiger partial charge in [-0.25, -0.2) is 0 Å². The number of carbonyl (C=O) groups excluding carboxylic acids is 1. The van der Waals surface area contributed by atoms with Gasteiger partial charge in [-0.15, -0.1) is 0 Å². The minimum Gasteiger partial charge on any atom is -0.340 e. The predicted octanol–water partition coefficient (Wildman–Crippen LogP) is 2.77. The summed E-state index contributed by atoms with van der Waals surface area (Å²) in [6, 6.07) is 10.5. The Balaban J connectivity index is 1.80. The summed E-state index contributed by atoms with van der Waals surface area (Å²) < 4.78 is 0. The van der Waals surface area contributed by atoms with E-state index in [1.54, 1.807) is 0 Å². The highest BCUT2D eigenvalue weighted by atomic mass is 16.2. The van der Waals surface area contributed by atoms with Crippen LogP contribution in [-0.4, -0.2) is 29.4 Å². The van der Waals surface area contributed by atoms with Gasteiger partial charge in [0, 0.05) is 19.0 Å². The van der Waals surface area contributed by atoms with Gasteiger partial charge in [0.05, 0.1) is 5.54 Å². The molecular weight excluding hydrogens is 260 g/mol. The van der Waals surface area contributed by atoms with Crippen LogP contribution in [0.1, 0.15) is 45.1 Å². The van der Waals surface area contributed by atoms with Crippen LogP contribution in [0.4, 0.5) is 0 Å². The van der Waals surface area contributed by atoms with Crippen molar-refractivity contribution in [1.82, 2.24) is 4.90 Å². The maximum absolute atomic E-state index is 12.8. The second kappa shape index (κ2) is 4.84. The maximum Gasteiger partial charge on any atom is 0.242 e. The van der Waals surface area contributed by atoms with E-state index in [1.807, 2.05) is 17.9 Å². The lowest BCUT2D eigenvalue weighted by Crippen LogP contribution is -2.54.